The molecule has 0 radical (unpaired) electrons. The van der Waals surface area contributed by atoms with Gasteiger partial charge in [-0.25, -0.2) is 0 Å². The molecule has 1 fully saturated rings. The number of rotatable bonds is 2. The maximum atomic E-state index is 7.48. The molecule has 0 amide bonds. The maximum Gasteiger partial charge on any atom is 0.0823 e. The molecule has 0 aliphatic carbocycles. The Kier molecular flexibility index (Phi) is 0.276. The van der Waals surface area contributed by atoms with Crippen molar-refractivity contribution in [2.45, 2.75) is 12.9 Å². The van der Waals surface area contributed by atoms with Crippen molar-refractivity contribution in [1.29, 1.82) is 0 Å². The van der Waals surface area contributed by atoms with Crippen molar-refractivity contribution >= 4 is 0 Å². The molecule has 0 saturated carbocycles. The van der Waals surface area contributed by atoms with Crippen molar-refractivity contribution in [2.24, 2.45) is 0 Å². The van der Waals surface area contributed by atoms with Gasteiger partial charge in [-0.1, -0.05) is 0 Å². The highest BCUT2D eigenvalue weighted by Gasteiger charge is 2.14. The van der Waals surface area contributed by atoms with Crippen LogP contribution in [-0.4, -0.2) is 25.6 Å². The van der Waals surface area contributed by atoms with Crippen LogP contribution in [0.5, 0.6) is 0 Å². The van der Waals surface area contributed by atoms with Crippen molar-refractivity contribution in [3.05, 3.63) is 0 Å². The summed E-state index contributed by atoms with van der Waals surface area (Å²) in [5.41, 5.74) is 0. The summed E-state index contributed by atoms with van der Waals surface area (Å²) in [6.07, 6.45) is -2.97. The molecule has 2 heteroatoms. The van der Waals surface area contributed by atoms with Gasteiger partial charge in [0.2, 0.25) is 0 Å². The summed E-state index contributed by atoms with van der Waals surface area (Å²) >= 11 is 0. The lowest BCUT2D eigenvalue weighted by Gasteiger charge is -2.26. The molecular formula is C5H11NO. The van der Waals surface area contributed by atoms with E-state index in [2.05, 4.69) is 4.74 Å². The third-order valence-electron chi connectivity index (χ3n) is 0.505. The zero-order valence-electron chi connectivity index (χ0n) is 13.4. The molecule has 1 N–H and O–H groups in total. The quantitative estimate of drug-likeness (QED) is 0.541. The van der Waals surface area contributed by atoms with E-state index in [1.54, 1.807) is 5.32 Å². The molecule has 1 aliphatic heterocycles. The summed E-state index contributed by atoms with van der Waals surface area (Å²) in [5.74, 6) is 0. The maximum absolute atomic E-state index is 7.48. The predicted molar refractivity (Wildman–Crippen MR) is 28.3 cm³/mol. The molecule has 0 aromatic heterocycles. The van der Waals surface area contributed by atoms with E-state index in [-0.39, 0.29) is 0 Å². The van der Waals surface area contributed by atoms with Crippen LogP contribution in [0.2, 0.25) is 0 Å². The van der Waals surface area contributed by atoms with Crippen molar-refractivity contribution < 1.29 is 18.4 Å². The Morgan fingerprint density at radius 2 is 3.29 bits per heavy atom. The van der Waals surface area contributed by atoms with Gasteiger partial charge < -0.3 is 10.1 Å². The first-order valence-corrected chi connectivity index (χ1v) is 1.66. The van der Waals surface area contributed by atoms with E-state index in [0.29, 0.717) is 0 Å². The van der Waals surface area contributed by atoms with Gasteiger partial charge in [0.05, 0.1) is 10.2 Å². The molecule has 0 bridgehead atoms. The standard InChI is InChI=1S/C5H11NO/c1-2-7-5-3-6-4-5/h5-6H,2-4H2,1H3/i1D3,2D2,3D2,4D2,5D. The summed E-state index contributed by atoms with van der Waals surface area (Å²) in [6, 6.07) is 0. The van der Waals surface area contributed by atoms with Crippen LogP contribution in [0.3, 0.4) is 0 Å². The molecule has 42 valence electrons. The van der Waals surface area contributed by atoms with Crippen LogP contribution < -0.4 is 5.32 Å². The Balaban J connectivity index is 3.02. The largest absolute Gasteiger partial charge is 0.376 e. The molecule has 0 unspecified atom stereocenters. The Labute approximate surface area is 57.9 Å². The molecule has 0 spiro atoms. The molecule has 1 aliphatic rings. The van der Waals surface area contributed by atoms with E-state index in [1.807, 2.05) is 0 Å². The highest BCUT2D eigenvalue weighted by molar-refractivity contribution is 4.74. The van der Waals surface area contributed by atoms with E-state index in [0.717, 1.165) is 0 Å². The second kappa shape index (κ2) is 2.28. The van der Waals surface area contributed by atoms with Crippen LogP contribution in [0, 0.1) is 0 Å². The van der Waals surface area contributed by atoms with Gasteiger partial charge in [-0.05, 0) is 6.85 Å². The molecule has 1 heterocycles. The zero-order chi connectivity index (χ0) is 13.9. The SMILES string of the molecule is [2H]C([2H])([2H])C([2H])([2H])OC1([2H])C([2H])([2H])NC1([2H])[2H]. The fourth-order valence-electron chi connectivity index (χ4n) is 0.216. The fraction of sp³-hybridized carbons (Fsp3) is 1.00. The molecule has 0 aromatic carbocycles. The summed E-state index contributed by atoms with van der Waals surface area (Å²) in [5, 5.41) is 1.73. The van der Waals surface area contributed by atoms with Crippen LogP contribution >= 0.6 is 0 Å². The minimum atomic E-state index is -3.32. The van der Waals surface area contributed by atoms with Crippen molar-refractivity contribution in [2.75, 3.05) is 19.6 Å². The van der Waals surface area contributed by atoms with Gasteiger partial charge >= 0.3 is 0 Å². The molecule has 2 nitrogen and oxygen atoms in total. The third kappa shape index (κ3) is 1.14. The lowest BCUT2D eigenvalue weighted by Crippen LogP contribution is -2.48. The number of nitrogens with one attached hydrogen (secondary N) is 1. The fourth-order valence-corrected chi connectivity index (χ4v) is 0.216. The Morgan fingerprint density at radius 1 is 2.43 bits per heavy atom. The van der Waals surface area contributed by atoms with Crippen LogP contribution in [0.4, 0.5) is 0 Å². The van der Waals surface area contributed by atoms with Crippen molar-refractivity contribution in [1.82, 2.24) is 5.32 Å². The molecule has 1 rings (SSSR count). The van der Waals surface area contributed by atoms with Crippen molar-refractivity contribution in [3.63, 3.8) is 0 Å². The van der Waals surface area contributed by atoms with E-state index in [4.69, 9.17) is 13.7 Å². The summed E-state index contributed by atoms with van der Waals surface area (Å²) in [7, 11) is 0. The normalized spacial score (nSPS) is 65.7. The average molecular weight is 111 g/mol. The van der Waals surface area contributed by atoms with Gasteiger partial charge in [0.25, 0.3) is 0 Å². The smallest absolute Gasteiger partial charge is 0.0823 e. The molecule has 0 aromatic rings. The molecule has 1 saturated heterocycles. The predicted octanol–water partition coefficient (Wildman–Crippen LogP) is -0.00530. The monoisotopic (exact) mass is 111 g/mol. The second-order valence-electron chi connectivity index (χ2n) is 0.908. The van der Waals surface area contributed by atoms with E-state index < -0.39 is 32.5 Å². The van der Waals surface area contributed by atoms with E-state index >= 15 is 0 Å². The Bertz CT molecular complexity index is 307. The zero-order valence-corrected chi connectivity index (χ0v) is 3.41. The number of hydrogen-bond acceptors (Lipinski definition) is 2. The van der Waals surface area contributed by atoms with Crippen LogP contribution in [-0.2, 0) is 4.74 Å². The first kappa shape index (κ1) is 0.847. The number of ether oxygens (including phenoxy) is 1. The molecule has 0 atom stereocenters. The van der Waals surface area contributed by atoms with Gasteiger partial charge in [0, 0.05) is 29.1 Å². The first-order chi connectivity index (χ1) is 7.16. The number of hydrogen-bond donors (Lipinski definition) is 1. The first-order valence-electron chi connectivity index (χ1n) is 6.66. The minimum absolute atomic E-state index is 1.73. The van der Waals surface area contributed by atoms with Gasteiger partial charge in [-0.3, -0.25) is 0 Å². The van der Waals surface area contributed by atoms with Crippen LogP contribution in [0.25, 0.3) is 0 Å². The lowest BCUT2D eigenvalue weighted by atomic mass is 10.2. The van der Waals surface area contributed by atoms with Gasteiger partial charge in [0.15, 0.2) is 0 Å². The minimum Gasteiger partial charge on any atom is -0.376 e. The third-order valence-corrected chi connectivity index (χ3v) is 0.505. The van der Waals surface area contributed by atoms with Crippen LogP contribution in [0.15, 0.2) is 0 Å². The summed E-state index contributed by atoms with van der Waals surface area (Å²) < 4.78 is 75.4. The topological polar surface area (TPSA) is 21.3 Å². The summed E-state index contributed by atoms with van der Waals surface area (Å²) in [6.45, 7) is -11.9. The second-order valence-corrected chi connectivity index (χ2v) is 0.908. The van der Waals surface area contributed by atoms with Gasteiger partial charge in [0.1, 0.15) is 0 Å². The highest BCUT2D eigenvalue weighted by atomic mass is 16.5. The van der Waals surface area contributed by atoms with Gasteiger partial charge in [-0.2, -0.15) is 0 Å². The average Bonchev–Trinajstić information content (AvgIpc) is 1.97. The Morgan fingerprint density at radius 3 is 3.86 bits per heavy atom. The van der Waals surface area contributed by atoms with Gasteiger partial charge in [-0.15, -0.1) is 0 Å². The van der Waals surface area contributed by atoms with E-state index in [9.17, 15) is 0 Å². The van der Waals surface area contributed by atoms with E-state index in [1.165, 1.54) is 0 Å². The highest BCUT2D eigenvalue weighted by Crippen LogP contribution is 1.95. The molecular weight excluding hydrogens is 90.1 g/mol. The van der Waals surface area contributed by atoms with Crippen molar-refractivity contribution in [3.8, 4) is 0 Å². The lowest BCUT2D eigenvalue weighted by molar-refractivity contribution is 0.0270. The molecule has 7 heavy (non-hydrogen) atoms. The summed E-state index contributed by atoms with van der Waals surface area (Å²) in [4.78, 5) is 0. The van der Waals surface area contributed by atoms with Crippen LogP contribution in [0.1, 0.15) is 20.6 Å². The Hall–Kier alpha value is -0.0800.